The Morgan fingerprint density at radius 1 is 1.00 bits per heavy atom. The Labute approximate surface area is 140 Å². The number of amides is 1. The fourth-order valence-corrected chi connectivity index (χ4v) is 2.44. The number of anilines is 1. The quantitative estimate of drug-likeness (QED) is 0.787. The van der Waals surface area contributed by atoms with E-state index in [0.717, 1.165) is 22.8 Å². The molecule has 1 amide bonds. The number of carbonyl (C=O) groups is 1. The highest BCUT2D eigenvalue weighted by atomic mass is 16.5. The Hall–Kier alpha value is -3.08. The number of nitrogens with one attached hydrogen (secondary N) is 1. The summed E-state index contributed by atoms with van der Waals surface area (Å²) in [6, 6.07) is 16.6. The molecule has 2 aromatic carbocycles. The van der Waals surface area contributed by atoms with E-state index in [2.05, 4.69) is 10.4 Å². The van der Waals surface area contributed by atoms with Crippen molar-refractivity contribution >= 4 is 11.6 Å². The van der Waals surface area contributed by atoms with E-state index < -0.39 is 0 Å². The minimum Gasteiger partial charge on any atom is -0.457 e. The topological polar surface area (TPSA) is 56.2 Å². The molecule has 0 unspecified atom stereocenters. The van der Waals surface area contributed by atoms with Crippen LogP contribution in [0.25, 0.3) is 0 Å². The van der Waals surface area contributed by atoms with Gasteiger partial charge in [0, 0.05) is 12.6 Å². The van der Waals surface area contributed by atoms with E-state index in [1.54, 1.807) is 28.9 Å². The largest absolute Gasteiger partial charge is 0.457 e. The second-order valence-corrected chi connectivity index (χ2v) is 5.56. The van der Waals surface area contributed by atoms with Crippen molar-refractivity contribution in [3.8, 4) is 11.5 Å². The molecule has 0 fully saturated rings. The van der Waals surface area contributed by atoms with Crippen LogP contribution in [0.3, 0.4) is 0 Å². The van der Waals surface area contributed by atoms with Crippen LogP contribution in [-0.4, -0.2) is 15.7 Å². The maximum Gasteiger partial charge on any atom is 0.255 e. The summed E-state index contributed by atoms with van der Waals surface area (Å²) in [4.78, 5) is 12.4. The predicted octanol–water partition coefficient (Wildman–Crippen LogP) is 4.08. The molecule has 24 heavy (non-hydrogen) atoms. The second kappa shape index (κ2) is 6.58. The lowest BCUT2D eigenvalue weighted by atomic mass is 10.2. The molecule has 0 saturated heterocycles. The summed E-state index contributed by atoms with van der Waals surface area (Å²) < 4.78 is 7.48. The van der Waals surface area contributed by atoms with E-state index in [1.807, 2.05) is 51.2 Å². The average molecular weight is 321 g/mol. The van der Waals surface area contributed by atoms with Gasteiger partial charge >= 0.3 is 0 Å². The highest BCUT2D eigenvalue weighted by Gasteiger charge is 2.13. The van der Waals surface area contributed by atoms with Crippen LogP contribution in [0.1, 0.15) is 21.7 Å². The molecule has 5 heteroatoms. The standard InChI is InChI=1S/C19H19N3O2/c1-13-18(14(2)22(3)21-13)20-19(23)15-9-11-17(12-10-15)24-16-7-5-4-6-8-16/h4-12H,1-3H3,(H,20,23). The summed E-state index contributed by atoms with van der Waals surface area (Å²) in [7, 11) is 1.85. The van der Waals surface area contributed by atoms with Crippen molar-refractivity contribution < 1.29 is 9.53 Å². The Bertz CT molecular complexity index is 852. The highest BCUT2D eigenvalue weighted by molar-refractivity contribution is 6.04. The number of nitrogens with zero attached hydrogens (tertiary/aromatic N) is 2. The monoisotopic (exact) mass is 321 g/mol. The van der Waals surface area contributed by atoms with Gasteiger partial charge in [-0.05, 0) is 50.2 Å². The summed E-state index contributed by atoms with van der Waals surface area (Å²) in [6.45, 7) is 3.80. The van der Waals surface area contributed by atoms with Gasteiger partial charge in [0.05, 0.1) is 17.1 Å². The molecule has 0 bridgehead atoms. The van der Waals surface area contributed by atoms with E-state index >= 15 is 0 Å². The number of aryl methyl sites for hydroxylation is 2. The smallest absolute Gasteiger partial charge is 0.255 e. The molecule has 3 rings (SSSR count). The van der Waals surface area contributed by atoms with Gasteiger partial charge in [0.2, 0.25) is 0 Å². The zero-order valence-electron chi connectivity index (χ0n) is 13.9. The molecule has 0 spiro atoms. The van der Waals surface area contributed by atoms with E-state index in [1.165, 1.54) is 0 Å². The summed E-state index contributed by atoms with van der Waals surface area (Å²) in [5, 5.41) is 7.22. The van der Waals surface area contributed by atoms with Gasteiger partial charge in [-0.3, -0.25) is 9.48 Å². The zero-order chi connectivity index (χ0) is 17.1. The highest BCUT2D eigenvalue weighted by Crippen LogP contribution is 2.23. The van der Waals surface area contributed by atoms with Gasteiger partial charge in [-0.25, -0.2) is 0 Å². The molecule has 1 aromatic heterocycles. The zero-order valence-corrected chi connectivity index (χ0v) is 13.9. The normalized spacial score (nSPS) is 10.5. The van der Waals surface area contributed by atoms with Gasteiger partial charge in [0.25, 0.3) is 5.91 Å². The van der Waals surface area contributed by atoms with Crippen molar-refractivity contribution in [2.24, 2.45) is 7.05 Å². The number of hydrogen-bond donors (Lipinski definition) is 1. The Balaban J connectivity index is 1.72. The van der Waals surface area contributed by atoms with E-state index in [0.29, 0.717) is 11.3 Å². The first-order chi connectivity index (χ1) is 11.5. The number of carbonyl (C=O) groups excluding carboxylic acids is 1. The molecule has 0 atom stereocenters. The lowest BCUT2D eigenvalue weighted by Crippen LogP contribution is -2.13. The lowest BCUT2D eigenvalue weighted by Gasteiger charge is -2.08. The summed E-state index contributed by atoms with van der Waals surface area (Å²) in [5.41, 5.74) is 3.04. The molecule has 122 valence electrons. The first-order valence-electron chi connectivity index (χ1n) is 7.69. The Kier molecular flexibility index (Phi) is 4.33. The van der Waals surface area contributed by atoms with Crippen LogP contribution in [0.4, 0.5) is 5.69 Å². The van der Waals surface area contributed by atoms with Gasteiger partial charge in [0.15, 0.2) is 0 Å². The van der Waals surface area contributed by atoms with E-state index in [4.69, 9.17) is 4.74 Å². The van der Waals surface area contributed by atoms with E-state index in [-0.39, 0.29) is 5.91 Å². The maximum absolute atomic E-state index is 12.4. The molecule has 1 heterocycles. The molecule has 0 radical (unpaired) electrons. The van der Waals surface area contributed by atoms with Crippen LogP contribution < -0.4 is 10.1 Å². The van der Waals surface area contributed by atoms with E-state index in [9.17, 15) is 4.79 Å². The van der Waals surface area contributed by atoms with Gasteiger partial charge in [-0.1, -0.05) is 18.2 Å². The summed E-state index contributed by atoms with van der Waals surface area (Å²) in [5.74, 6) is 1.28. The van der Waals surface area contributed by atoms with Crippen LogP contribution in [-0.2, 0) is 7.05 Å². The molecule has 0 saturated carbocycles. The minimum atomic E-state index is -0.166. The molecule has 0 aliphatic carbocycles. The third-order valence-electron chi connectivity index (χ3n) is 3.84. The molecular formula is C19H19N3O2. The fourth-order valence-electron chi connectivity index (χ4n) is 2.44. The SMILES string of the molecule is Cc1nn(C)c(C)c1NC(=O)c1ccc(Oc2ccccc2)cc1. The van der Waals surface area contributed by atoms with Crippen molar-refractivity contribution in [2.75, 3.05) is 5.32 Å². The number of para-hydroxylation sites is 1. The van der Waals surface area contributed by atoms with Gasteiger partial charge in [0.1, 0.15) is 11.5 Å². The number of benzene rings is 2. The average Bonchev–Trinajstić information content (AvgIpc) is 2.83. The van der Waals surface area contributed by atoms with Crippen LogP contribution in [0.15, 0.2) is 54.6 Å². The number of hydrogen-bond acceptors (Lipinski definition) is 3. The number of rotatable bonds is 4. The molecule has 1 N–H and O–H groups in total. The second-order valence-electron chi connectivity index (χ2n) is 5.56. The molecule has 0 aliphatic heterocycles. The Morgan fingerprint density at radius 3 is 2.21 bits per heavy atom. The van der Waals surface area contributed by atoms with Crippen LogP contribution in [0.2, 0.25) is 0 Å². The molecule has 3 aromatic rings. The first-order valence-corrected chi connectivity index (χ1v) is 7.69. The van der Waals surface area contributed by atoms with Crippen molar-refractivity contribution in [2.45, 2.75) is 13.8 Å². The summed E-state index contributed by atoms with van der Waals surface area (Å²) >= 11 is 0. The van der Waals surface area contributed by atoms with Gasteiger partial charge in [-0.15, -0.1) is 0 Å². The first kappa shape index (κ1) is 15.8. The third-order valence-corrected chi connectivity index (χ3v) is 3.84. The van der Waals surface area contributed by atoms with Crippen LogP contribution >= 0.6 is 0 Å². The van der Waals surface area contributed by atoms with Crippen molar-refractivity contribution in [1.29, 1.82) is 0 Å². The fraction of sp³-hybridized carbons (Fsp3) is 0.158. The van der Waals surface area contributed by atoms with Gasteiger partial charge in [-0.2, -0.15) is 5.10 Å². The third kappa shape index (κ3) is 3.30. The van der Waals surface area contributed by atoms with Crippen molar-refractivity contribution in [3.05, 3.63) is 71.5 Å². The molecule has 5 nitrogen and oxygen atoms in total. The molecular weight excluding hydrogens is 302 g/mol. The molecule has 0 aliphatic rings. The summed E-state index contributed by atoms with van der Waals surface area (Å²) in [6.07, 6.45) is 0. The maximum atomic E-state index is 12.4. The number of aromatic nitrogens is 2. The minimum absolute atomic E-state index is 0.166. The van der Waals surface area contributed by atoms with Crippen LogP contribution in [0, 0.1) is 13.8 Å². The predicted molar refractivity (Wildman–Crippen MR) is 93.6 cm³/mol. The van der Waals surface area contributed by atoms with Crippen LogP contribution in [0.5, 0.6) is 11.5 Å². The van der Waals surface area contributed by atoms with Crippen molar-refractivity contribution in [1.82, 2.24) is 9.78 Å². The number of ether oxygens (including phenoxy) is 1. The lowest BCUT2D eigenvalue weighted by molar-refractivity contribution is 0.102. The Morgan fingerprint density at radius 2 is 1.62 bits per heavy atom. The van der Waals surface area contributed by atoms with Gasteiger partial charge < -0.3 is 10.1 Å². The van der Waals surface area contributed by atoms with Crippen molar-refractivity contribution in [3.63, 3.8) is 0 Å².